The van der Waals surface area contributed by atoms with E-state index in [0.29, 0.717) is 12.2 Å². The van der Waals surface area contributed by atoms with Gasteiger partial charge in [-0.2, -0.15) is 5.10 Å². The van der Waals surface area contributed by atoms with E-state index in [1.807, 2.05) is 0 Å². The van der Waals surface area contributed by atoms with Crippen LogP contribution in [0.25, 0.3) is 0 Å². The molecule has 0 atom stereocenters. The summed E-state index contributed by atoms with van der Waals surface area (Å²) < 4.78 is 26.7. The van der Waals surface area contributed by atoms with Crippen LogP contribution in [0.2, 0.25) is 0 Å². The second kappa shape index (κ2) is 5.70. The molecule has 0 fully saturated rings. The first-order valence-electron chi connectivity index (χ1n) is 5.58. The highest BCUT2D eigenvalue weighted by atomic mass is 32.2. The third-order valence-electron chi connectivity index (χ3n) is 2.35. The van der Waals surface area contributed by atoms with Crippen LogP contribution in [-0.4, -0.2) is 40.0 Å². The van der Waals surface area contributed by atoms with Gasteiger partial charge >= 0.3 is 5.97 Å². The summed E-state index contributed by atoms with van der Waals surface area (Å²) in [5.74, 6) is -2.37. The maximum absolute atomic E-state index is 11.4. The van der Waals surface area contributed by atoms with Crippen molar-refractivity contribution in [3.05, 3.63) is 42.5 Å². The van der Waals surface area contributed by atoms with E-state index in [9.17, 15) is 13.2 Å². The van der Waals surface area contributed by atoms with Crippen molar-refractivity contribution in [1.29, 1.82) is 0 Å². The van der Waals surface area contributed by atoms with Crippen LogP contribution in [0, 0.1) is 0 Å². The number of benzene rings is 1. The van der Waals surface area contributed by atoms with Gasteiger partial charge in [-0.05, 0) is 17.7 Å². The topological polar surface area (TPSA) is 114 Å². The molecule has 0 unspecified atom stereocenters. The van der Waals surface area contributed by atoms with Crippen molar-refractivity contribution in [3.8, 4) is 0 Å². The molecule has 9 heteroatoms. The van der Waals surface area contributed by atoms with Gasteiger partial charge in [-0.25, -0.2) is 18.1 Å². The second-order valence-corrected chi connectivity index (χ2v) is 5.77. The third kappa shape index (κ3) is 4.05. The van der Waals surface area contributed by atoms with Crippen LogP contribution in [0.3, 0.4) is 0 Å². The summed E-state index contributed by atoms with van der Waals surface area (Å²) >= 11 is 0. The smallest absolute Gasteiger partial charge is 0.320 e. The maximum Gasteiger partial charge on any atom is 0.320 e. The average Bonchev–Trinajstić information content (AvgIpc) is 2.82. The SMILES string of the molecule is O=C(O)CS(=O)(=O)Nc1ccc(Cn2cncn2)cc1. The standard InChI is InChI=1S/C11H12N4O4S/c16-11(17)6-20(18,19)14-10-3-1-9(2-4-10)5-15-8-12-7-13-15/h1-4,7-8,14H,5-6H2,(H,16,17). The molecule has 0 radical (unpaired) electrons. The number of carbonyl (C=O) groups is 1. The molecular formula is C11H12N4O4S. The molecule has 0 bridgehead atoms. The highest BCUT2D eigenvalue weighted by Gasteiger charge is 2.15. The zero-order valence-corrected chi connectivity index (χ0v) is 11.1. The van der Waals surface area contributed by atoms with Gasteiger partial charge in [0.25, 0.3) is 0 Å². The van der Waals surface area contributed by atoms with Crippen LogP contribution in [0.15, 0.2) is 36.9 Å². The fourth-order valence-electron chi connectivity index (χ4n) is 1.56. The number of aromatic nitrogens is 3. The number of nitrogens with zero attached hydrogens (tertiary/aromatic N) is 3. The lowest BCUT2D eigenvalue weighted by atomic mass is 10.2. The van der Waals surface area contributed by atoms with E-state index in [1.54, 1.807) is 35.3 Å². The van der Waals surface area contributed by atoms with Crippen LogP contribution in [0.4, 0.5) is 5.69 Å². The fourth-order valence-corrected chi connectivity index (χ4v) is 2.45. The summed E-state index contributed by atoms with van der Waals surface area (Å²) in [7, 11) is -3.87. The molecule has 1 aromatic heterocycles. The number of aliphatic carboxylic acids is 1. The molecule has 1 heterocycles. The maximum atomic E-state index is 11.4. The van der Waals surface area contributed by atoms with E-state index in [4.69, 9.17) is 5.11 Å². The quantitative estimate of drug-likeness (QED) is 0.784. The molecule has 0 aliphatic heterocycles. The van der Waals surface area contributed by atoms with Crippen LogP contribution in [0.1, 0.15) is 5.56 Å². The number of carboxylic acid groups (broad SMARTS) is 1. The molecule has 2 N–H and O–H groups in total. The summed E-state index contributed by atoms with van der Waals surface area (Å²) in [6.45, 7) is 0.516. The Bertz CT molecular complexity index is 680. The van der Waals surface area contributed by atoms with E-state index in [1.165, 1.54) is 6.33 Å². The second-order valence-electron chi connectivity index (χ2n) is 4.04. The Morgan fingerprint density at radius 3 is 2.55 bits per heavy atom. The Hall–Kier alpha value is -2.42. The molecule has 0 aliphatic rings. The zero-order valence-electron chi connectivity index (χ0n) is 10.3. The molecule has 0 spiro atoms. The van der Waals surface area contributed by atoms with E-state index in [2.05, 4.69) is 14.8 Å². The molecule has 1 aromatic carbocycles. The molecule has 20 heavy (non-hydrogen) atoms. The van der Waals surface area contributed by atoms with Crippen molar-refractivity contribution in [2.75, 3.05) is 10.5 Å². The highest BCUT2D eigenvalue weighted by molar-refractivity contribution is 7.93. The first-order chi connectivity index (χ1) is 9.44. The van der Waals surface area contributed by atoms with E-state index in [-0.39, 0.29) is 0 Å². The van der Waals surface area contributed by atoms with E-state index < -0.39 is 21.7 Å². The lowest BCUT2D eigenvalue weighted by Crippen LogP contribution is -2.22. The van der Waals surface area contributed by atoms with Gasteiger partial charge < -0.3 is 5.11 Å². The van der Waals surface area contributed by atoms with Crippen LogP contribution in [-0.2, 0) is 21.4 Å². The van der Waals surface area contributed by atoms with Crippen molar-refractivity contribution in [2.45, 2.75) is 6.54 Å². The lowest BCUT2D eigenvalue weighted by Gasteiger charge is -2.07. The fraction of sp³-hybridized carbons (Fsp3) is 0.182. The normalized spacial score (nSPS) is 11.2. The van der Waals surface area contributed by atoms with Gasteiger partial charge in [0.2, 0.25) is 10.0 Å². The first kappa shape index (κ1) is 14.0. The molecule has 2 aromatic rings. The van der Waals surface area contributed by atoms with E-state index >= 15 is 0 Å². The number of sulfonamides is 1. The summed E-state index contributed by atoms with van der Waals surface area (Å²) in [5.41, 5.74) is 1.23. The molecule has 8 nitrogen and oxygen atoms in total. The van der Waals surface area contributed by atoms with Crippen LogP contribution in [0.5, 0.6) is 0 Å². The van der Waals surface area contributed by atoms with Crippen molar-refractivity contribution in [3.63, 3.8) is 0 Å². The minimum absolute atomic E-state index is 0.314. The Labute approximate surface area is 115 Å². The molecule has 106 valence electrons. The third-order valence-corrected chi connectivity index (χ3v) is 3.53. The van der Waals surface area contributed by atoms with Crippen LogP contribution < -0.4 is 4.72 Å². The van der Waals surface area contributed by atoms with Gasteiger partial charge in [0, 0.05) is 5.69 Å². The minimum atomic E-state index is -3.87. The summed E-state index contributed by atoms with van der Waals surface area (Å²) in [5, 5.41) is 12.4. The number of anilines is 1. The molecule has 2 rings (SSSR count). The summed E-state index contributed by atoms with van der Waals surface area (Å²) in [6.07, 6.45) is 3.00. The monoisotopic (exact) mass is 296 g/mol. The number of nitrogens with one attached hydrogen (secondary N) is 1. The van der Waals surface area contributed by atoms with Gasteiger partial charge in [-0.3, -0.25) is 9.52 Å². The van der Waals surface area contributed by atoms with Gasteiger partial charge in [0.1, 0.15) is 12.7 Å². The predicted molar refractivity (Wildman–Crippen MR) is 70.6 cm³/mol. The average molecular weight is 296 g/mol. The Kier molecular flexibility index (Phi) is 3.99. The Morgan fingerprint density at radius 1 is 1.30 bits per heavy atom. The van der Waals surface area contributed by atoms with Crippen molar-refractivity contribution in [1.82, 2.24) is 14.8 Å². The van der Waals surface area contributed by atoms with Crippen molar-refractivity contribution < 1.29 is 18.3 Å². The van der Waals surface area contributed by atoms with Crippen molar-refractivity contribution >= 4 is 21.7 Å². The molecule has 0 saturated heterocycles. The van der Waals surface area contributed by atoms with Crippen molar-refractivity contribution in [2.24, 2.45) is 0 Å². The van der Waals surface area contributed by atoms with Gasteiger partial charge in [0.15, 0.2) is 5.75 Å². The zero-order chi connectivity index (χ0) is 14.6. The van der Waals surface area contributed by atoms with Crippen LogP contribution >= 0.6 is 0 Å². The largest absolute Gasteiger partial charge is 0.480 e. The molecule has 0 amide bonds. The Balaban J connectivity index is 2.03. The van der Waals surface area contributed by atoms with Gasteiger partial charge in [0.05, 0.1) is 6.54 Å². The van der Waals surface area contributed by atoms with Gasteiger partial charge in [-0.1, -0.05) is 12.1 Å². The van der Waals surface area contributed by atoms with Gasteiger partial charge in [-0.15, -0.1) is 0 Å². The predicted octanol–water partition coefficient (Wildman–Crippen LogP) is 0.153. The number of hydrogen-bond donors (Lipinski definition) is 2. The Morgan fingerprint density at radius 2 is 2.00 bits per heavy atom. The number of rotatable bonds is 6. The lowest BCUT2D eigenvalue weighted by molar-refractivity contribution is -0.134. The summed E-state index contributed by atoms with van der Waals surface area (Å²) in [4.78, 5) is 14.2. The minimum Gasteiger partial charge on any atom is -0.480 e. The summed E-state index contributed by atoms with van der Waals surface area (Å²) in [6, 6.07) is 6.57. The van der Waals surface area contributed by atoms with E-state index in [0.717, 1.165) is 5.56 Å². The molecule has 0 aliphatic carbocycles. The number of hydrogen-bond acceptors (Lipinski definition) is 5. The molecule has 0 saturated carbocycles. The highest BCUT2D eigenvalue weighted by Crippen LogP contribution is 2.12. The first-order valence-corrected chi connectivity index (χ1v) is 7.23. The number of carboxylic acids is 1. The molecular weight excluding hydrogens is 284 g/mol.